The first-order chi connectivity index (χ1) is 19.3. The van der Waals surface area contributed by atoms with Crippen molar-refractivity contribution in [2.24, 2.45) is 0 Å². The van der Waals surface area contributed by atoms with Crippen molar-refractivity contribution in [1.82, 2.24) is 0 Å². The molecule has 1 heterocycles. The van der Waals surface area contributed by atoms with E-state index in [0.717, 1.165) is 33.3 Å². The van der Waals surface area contributed by atoms with Crippen LogP contribution in [0.5, 0.6) is 0 Å². The van der Waals surface area contributed by atoms with Crippen LogP contribution in [0.1, 0.15) is 22.3 Å². The Morgan fingerprint density at radius 1 is 0.487 bits per heavy atom. The van der Waals surface area contributed by atoms with Gasteiger partial charge in [0.2, 0.25) is 0 Å². The van der Waals surface area contributed by atoms with Gasteiger partial charge in [-0.25, -0.2) is 0 Å². The number of para-hydroxylation sites is 2. The van der Waals surface area contributed by atoms with Crippen LogP contribution < -0.4 is 5.32 Å². The number of anilines is 2. The second kappa shape index (κ2) is 8.47. The Balaban J connectivity index is 1.33. The lowest BCUT2D eigenvalue weighted by atomic mass is 9.68. The van der Waals surface area contributed by atoms with Gasteiger partial charge in [-0.05, 0) is 57.6 Å². The number of rotatable bonds is 4. The molecule has 0 radical (unpaired) electrons. The van der Waals surface area contributed by atoms with Gasteiger partial charge in [0.05, 0.1) is 11.1 Å². The van der Waals surface area contributed by atoms with Crippen LogP contribution in [0.25, 0.3) is 33.1 Å². The van der Waals surface area contributed by atoms with E-state index in [9.17, 15) is 0 Å². The summed E-state index contributed by atoms with van der Waals surface area (Å²) in [5.41, 5.74) is 11.1. The zero-order valence-corrected chi connectivity index (χ0v) is 21.3. The maximum Gasteiger partial charge on any atom is 0.158 e. The molecule has 1 N–H and O–H groups in total. The Kier molecular flexibility index (Phi) is 4.77. The zero-order valence-electron chi connectivity index (χ0n) is 21.3. The number of fused-ring (bicyclic) bond motifs is 6. The third-order valence-electron chi connectivity index (χ3n) is 8.14. The van der Waals surface area contributed by atoms with Crippen molar-refractivity contribution in [1.29, 1.82) is 0 Å². The first kappa shape index (κ1) is 22.0. The summed E-state index contributed by atoms with van der Waals surface area (Å²) < 4.78 is 6.29. The standard InChI is InChI=1S/C37H25NO/c1-3-12-25(13-4-1)37(26-14-5-2-6-15-26)32-19-9-7-16-28(32)31-24-27(22-23-33(31)37)38-34-20-11-18-30-29-17-8-10-21-35(29)39-36(30)34/h1-24,38H. The molecule has 0 spiro atoms. The van der Waals surface area contributed by atoms with Crippen molar-refractivity contribution in [3.05, 3.63) is 168 Å². The summed E-state index contributed by atoms with van der Waals surface area (Å²) in [5, 5.41) is 5.94. The van der Waals surface area contributed by atoms with Gasteiger partial charge in [-0.15, -0.1) is 0 Å². The largest absolute Gasteiger partial charge is 0.454 e. The molecule has 1 aliphatic carbocycles. The molecule has 2 heteroatoms. The smallest absolute Gasteiger partial charge is 0.158 e. The average Bonchev–Trinajstić information content (AvgIpc) is 3.53. The molecular weight excluding hydrogens is 474 g/mol. The van der Waals surface area contributed by atoms with Crippen LogP contribution in [0, 0.1) is 0 Å². The highest BCUT2D eigenvalue weighted by Crippen LogP contribution is 2.56. The Morgan fingerprint density at radius 3 is 1.92 bits per heavy atom. The van der Waals surface area contributed by atoms with Crippen LogP contribution in [0.4, 0.5) is 11.4 Å². The fraction of sp³-hybridized carbons (Fsp3) is 0.0270. The van der Waals surface area contributed by atoms with Crippen LogP contribution in [0.3, 0.4) is 0 Å². The Bertz CT molecular complexity index is 1950. The SMILES string of the molecule is c1ccc(C2(c3ccccc3)c3ccccc3-c3cc(Nc4cccc5c4oc4ccccc45)ccc32)cc1. The highest BCUT2D eigenvalue weighted by molar-refractivity contribution is 6.09. The lowest BCUT2D eigenvalue weighted by Crippen LogP contribution is -2.28. The maximum atomic E-state index is 6.29. The molecule has 7 aromatic rings. The molecule has 0 amide bonds. The zero-order chi connectivity index (χ0) is 25.8. The fourth-order valence-corrected chi connectivity index (χ4v) is 6.53. The predicted octanol–water partition coefficient (Wildman–Crippen LogP) is 9.69. The number of benzene rings is 6. The first-order valence-electron chi connectivity index (χ1n) is 13.4. The monoisotopic (exact) mass is 499 g/mol. The second-order valence-corrected chi connectivity index (χ2v) is 10.2. The summed E-state index contributed by atoms with van der Waals surface area (Å²) >= 11 is 0. The molecule has 0 saturated heterocycles. The minimum absolute atomic E-state index is 0.383. The van der Waals surface area contributed by atoms with Crippen molar-refractivity contribution >= 4 is 33.3 Å². The summed E-state index contributed by atoms with van der Waals surface area (Å²) in [6.07, 6.45) is 0. The summed E-state index contributed by atoms with van der Waals surface area (Å²) in [6.45, 7) is 0. The average molecular weight is 500 g/mol. The van der Waals surface area contributed by atoms with Crippen molar-refractivity contribution < 1.29 is 4.42 Å². The van der Waals surface area contributed by atoms with Crippen LogP contribution in [0.2, 0.25) is 0 Å². The molecule has 0 fully saturated rings. The highest BCUT2D eigenvalue weighted by atomic mass is 16.3. The second-order valence-electron chi connectivity index (χ2n) is 10.2. The van der Waals surface area contributed by atoms with E-state index in [1.54, 1.807) is 0 Å². The predicted molar refractivity (Wildman–Crippen MR) is 161 cm³/mol. The summed E-state index contributed by atoms with van der Waals surface area (Å²) in [4.78, 5) is 0. The first-order valence-corrected chi connectivity index (χ1v) is 13.4. The lowest BCUT2D eigenvalue weighted by molar-refractivity contribution is 0.670. The molecule has 1 aliphatic rings. The van der Waals surface area contributed by atoms with Gasteiger partial charge in [0.25, 0.3) is 0 Å². The Morgan fingerprint density at radius 2 is 1.13 bits per heavy atom. The van der Waals surface area contributed by atoms with Gasteiger partial charge >= 0.3 is 0 Å². The van der Waals surface area contributed by atoms with E-state index >= 15 is 0 Å². The van der Waals surface area contributed by atoms with Crippen LogP contribution in [-0.2, 0) is 5.41 Å². The molecule has 8 rings (SSSR count). The van der Waals surface area contributed by atoms with Crippen molar-refractivity contribution in [2.75, 3.05) is 5.32 Å². The summed E-state index contributed by atoms with van der Waals surface area (Å²) in [5.74, 6) is 0. The van der Waals surface area contributed by atoms with E-state index in [2.05, 4.69) is 139 Å². The van der Waals surface area contributed by atoms with E-state index < -0.39 is 0 Å². The van der Waals surface area contributed by atoms with Gasteiger partial charge < -0.3 is 9.73 Å². The van der Waals surface area contributed by atoms with Crippen molar-refractivity contribution in [3.63, 3.8) is 0 Å². The topological polar surface area (TPSA) is 25.2 Å². The quantitative estimate of drug-likeness (QED) is 0.261. The molecule has 0 atom stereocenters. The Hall–Kier alpha value is -5.08. The van der Waals surface area contributed by atoms with Crippen molar-refractivity contribution in [2.45, 2.75) is 5.41 Å². The van der Waals surface area contributed by atoms with Gasteiger partial charge in [0.1, 0.15) is 5.58 Å². The molecule has 39 heavy (non-hydrogen) atoms. The maximum absolute atomic E-state index is 6.29. The lowest BCUT2D eigenvalue weighted by Gasteiger charge is -2.33. The number of hydrogen-bond donors (Lipinski definition) is 1. The third kappa shape index (κ3) is 3.15. The summed E-state index contributed by atoms with van der Waals surface area (Å²) in [6, 6.07) is 51.9. The van der Waals surface area contributed by atoms with Crippen LogP contribution >= 0.6 is 0 Å². The molecule has 0 aliphatic heterocycles. The molecule has 1 aromatic heterocycles. The van der Waals surface area contributed by atoms with Gasteiger partial charge in [-0.2, -0.15) is 0 Å². The summed E-state index contributed by atoms with van der Waals surface area (Å²) in [7, 11) is 0. The van der Waals surface area contributed by atoms with E-state index in [1.165, 1.54) is 33.4 Å². The Labute approximate surface area is 227 Å². The van der Waals surface area contributed by atoms with E-state index in [0.29, 0.717) is 0 Å². The van der Waals surface area contributed by atoms with E-state index in [-0.39, 0.29) is 5.41 Å². The highest BCUT2D eigenvalue weighted by Gasteiger charge is 2.45. The van der Waals surface area contributed by atoms with Gasteiger partial charge in [0.15, 0.2) is 5.58 Å². The van der Waals surface area contributed by atoms with Crippen LogP contribution in [-0.4, -0.2) is 0 Å². The molecule has 0 saturated carbocycles. The molecule has 2 nitrogen and oxygen atoms in total. The molecular formula is C37H25NO. The molecule has 184 valence electrons. The van der Waals surface area contributed by atoms with Gasteiger partial charge in [0, 0.05) is 16.5 Å². The number of nitrogens with one attached hydrogen (secondary N) is 1. The van der Waals surface area contributed by atoms with Gasteiger partial charge in [-0.3, -0.25) is 0 Å². The van der Waals surface area contributed by atoms with Gasteiger partial charge in [-0.1, -0.05) is 121 Å². The number of hydrogen-bond acceptors (Lipinski definition) is 2. The minimum atomic E-state index is -0.383. The molecule has 6 aromatic carbocycles. The molecule has 0 unspecified atom stereocenters. The van der Waals surface area contributed by atoms with Crippen LogP contribution in [0.15, 0.2) is 150 Å². The van der Waals surface area contributed by atoms with Crippen molar-refractivity contribution in [3.8, 4) is 11.1 Å². The van der Waals surface area contributed by atoms with E-state index in [4.69, 9.17) is 4.42 Å². The normalized spacial score (nSPS) is 13.3. The molecule has 0 bridgehead atoms. The minimum Gasteiger partial charge on any atom is -0.454 e. The third-order valence-corrected chi connectivity index (χ3v) is 8.14. The fourth-order valence-electron chi connectivity index (χ4n) is 6.53. The van der Waals surface area contributed by atoms with E-state index in [1.807, 2.05) is 12.1 Å². The number of furan rings is 1.